The Kier molecular flexibility index (Phi) is 3.31. The highest BCUT2D eigenvalue weighted by Gasteiger charge is 2.26. The Morgan fingerprint density at radius 3 is 2.82 bits per heavy atom. The van der Waals surface area contributed by atoms with Gasteiger partial charge in [0.25, 0.3) is 0 Å². The van der Waals surface area contributed by atoms with Crippen LogP contribution in [-0.2, 0) is 0 Å². The van der Waals surface area contributed by atoms with Gasteiger partial charge in [0.05, 0.1) is 0 Å². The second-order valence-corrected chi connectivity index (χ2v) is 3.62. The number of alkyl halides is 1. The van der Waals surface area contributed by atoms with Crippen molar-refractivity contribution < 1.29 is 4.39 Å². The molecule has 1 aliphatic rings. The highest BCUT2D eigenvalue weighted by Crippen LogP contribution is 2.23. The minimum absolute atomic E-state index is 0.344. The lowest BCUT2D eigenvalue weighted by Crippen LogP contribution is -2.39. The summed E-state index contributed by atoms with van der Waals surface area (Å²) in [6.45, 7) is 3.85. The number of nitrogens with zero attached hydrogens (tertiary/aromatic N) is 1. The fourth-order valence-corrected chi connectivity index (χ4v) is 1.80. The summed E-state index contributed by atoms with van der Waals surface area (Å²) >= 11 is 0. The molecule has 1 rings (SSSR count). The summed E-state index contributed by atoms with van der Waals surface area (Å²) in [6, 6.07) is 0. The first-order chi connectivity index (χ1) is 5.24. The van der Waals surface area contributed by atoms with E-state index < -0.39 is 6.17 Å². The SMILES string of the molecule is CCCC1CCN(C)C[C@H]1F. The third-order valence-electron chi connectivity index (χ3n) is 2.54. The van der Waals surface area contributed by atoms with Crippen LogP contribution in [0.4, 0.5) is 4.39 Å². The maximum absolute atomic E-state index is 13.2. The predicted octanol–water partition coefficient (Wildman–Crippen LogP) is 2.08. The van der Waals surface area contributed by atoms with E-state index >= 15 is 0 Å². The molecular weight excluding hydrogens is 141 g/mol. The molecule has 0 amide bonds. The number of hydrogen-bond acceptors (Lipinski definition) is 1. The number of piperidine rings is 1. The molecule has 0 spiro atoms. The van der Waals surface area contributed by atoms with Gasteiger partial charge >= 0.3 is 0 Å². The first-order valence-electron chi connectivity index (χ1n) is 4.56. The monoisotopic (exact) mass is 159 g/mol. The van der Waals surface area contributed by atoms with Crippen molar-refractivity contribution in [1.82, 2.24) is 4.90 Å². The van der Waals surface area contributed by atoms with Gasteiger partial charge in [0.1, 0.15) is 6.17 Å². The van der Waals surface area contributed by atoms with Crippen molar-refractivity contribution >= 4 is 0 Å². The number of likely N-dealkylation sites (tertiary alicyclic amines) is 1. The molecule has 1 saturated heterocycles. The Morgan fingerprint density at radius 1 is 1.55 bits per heavy atom. The Labute approximate surface area is 68.6 Å². The molecule has 0 N–H and O–H groups in total. The molecule has 0 aromatic carbocycles. The molecule has 11 heavy (non-hydrogen) atoms. The lowest BCUT2D eigenvalue weighted by molar-refractivity contribution is 0.0967. The van der Waals surface area contributed by atoms with Gasteiger partial charge in [0.15, 0.2) is 0 Å². The van der Waals surface area contributed by atoms with Crippen molar-refractivity contribution in [3.05, 3.63) is 0 Å². The Hall–Kier alpha value is -0.110. The first-order valence-corrected chi connectivity index (χ1v) is 4.56. The largest absolute Gasteiger partial charge is 0.303 e. The Balaban J connectivity index is 2.31. The van der Waals surface area contributed by atoms with Gasteiger partial charge in [-0.1, -0.05) is 13.3 Å². The normalized spacial score (nSPS) is 34.1. The van der Waals surface area contributed by atoms with Gasteiger partial charge in [-0.05, 0) is 32.4 Å². The topological polar surface area (TPSA) is 3.24 Å². The van der Waals surface area contributed by atoms with Gasteiger partial charge in [-0.2, -0.15) is 0 Å². The summed E-state index contributed by atoms with van der Waals surface area (Å²) < 4.78 is 13.2. The zero-order chi connectivity index (χ0) is 8.27. The molecule has 0 saturated carbocycles. The third-order valence-corrected chi connectivity index (χ3v) is 2.54. The van der Waals surface area contributed by atoms with Gasteiger partial charge in [0, 0.05) is 6.54 Å². The van der Waals surface area contributed by atoms with Crippen LogP contribution >= 0.6 is 0 Å². The van der Waals surface area contributed by atoms with E-state index in [2.05, 4.69) is 11.8 Å². The lowest BCUT2D eigenvalue weighted by Gasteiger charge is -2.31. The zero-order valence-corrected chi connectivity index (χ0v) is 7.52. The molecule has 2 heteroatoms. The summed E-state index contributed by atoms with van der Waals surface area (Å²) in [6.07, 6.45) is 2.66. The molecule has 0 aliphatic carbocycles. The van der Waals surface area contributed by atoms with E-state index in [-0.39, 0.29) is 0 Å². The second kappa shape index (κ2) is 4.05. The molecular formula is C9H18FN. The molecule has 2 atom stereocenters. The van der Waals surface area contributed by atoms with Crippen LogP contribution in [0.1, 0.15) is 26.2 Å². The molecule has 1 heterocycles. The fourth-order valence-electron chi connectivity index (χ4n) is 1.80. The lowest BCUT2D eigenvalue weighted by atomic mass is 9.91. The highest BCUT2D eigenvalue weighted by atomic mass is 19.1. The maximum atomic E-state index is 13.2. The highest BCUT2D eigenvalue weighted by molar-refractivity contribution is 4.78. The smallest absolute Gasteiger partial charge is 0.116 e. The van der Waals surface area contributed by atoms with Gasteiger partial charge in [-0.15, -0.1) is 0 Å². The average Bonchev–Trinajstić information content (AvgIpc) is 1.95. The summed E-state index contributed by atoms with van der Waals surface area (Å²) in [5.74, 6) is 0.344. The molecule has 66 valence electrons. The van der Waals surface area contributed by atoms with Crippen LogP contribution in [0.3, 0.4) is 0 Å². The summed E-state index contributed by atoms with van der Waals surface area (Å²) in [5.41, 5.74) is 0. The van der Waals surface area contributed by atoms with Crippen LogP contribution in [0.25, 0.3) is 0 Å². The van der Waals surface area contributed by atoms with Crippen molar-refractivity contribution in [3.63, 3.8) is 0 Å². The van der Waals surface area contributed by atoms with Gasteiger partial charge in [-0.25, -0.2) is 4.39 Å². The number of hydrogen-bond donors (Lipinski definition) is 0. The summed E-state index contributed by atoms with van der Waals surface area (Å²) in [5, 5.41) is 0. The molecule has 0 bridgehead atoms. The van der Waals surface area contributed by atoms with Crippen molar-refractivity contribution in [2.75, 3.05) is 20.1 Å². The van der Waals surface area contributed by atoms with E-state index in [4.69, 9.17) is 0 Å². The van der Waals surface area contributed by atoms with E-state index in [1.807, 2.05) is 7.05 Å². The summed E-state index contributed by atoms with van der Waals surface area (Å²) in [4.78, 5) is 2.08. The number of rotatable bonds is 2. The first kappa shape index (κ1) is 8.98. The van der Waals surface area contributed by atoms with Crippen molar-refractivity contribution in [1.29, 1.82) is 0 Å². The number of halogens is 1. The van der Waals surface area contributed by atoms with Crippen LogP contribution in [0, 0.1) is 5.92 Å². The van der Waals surface area contributed by atoms with Crippen LogP contribution in [0.15, 0.2) is 0 Å². The second-order valence-electron chi connectivity index (χ2n) is 3.62. The van der Waals surface area contributed by atoms with Crippen LogP contribution < -0.4 is 0 Å². The van der Waals surface area contributed by atoms with E-state index in [1.54, 1.807) is 0 Å². The quantitative estimate of drug-likeness (QED) is 0.596. The molecule has 1 nitrogen and oxygen atoms in total. The minimum atomic E-state index is -0.575. The van der Waals surface area contributed by atoms with Crippen molar-refractivity contribution in [2.24, 2.45) is 5.92 Å². The van der Waals surface area contributed by atoms with E-state index in [0.29, 0.717) is 12.5 Å². The minimum Gasteiger partial charge on any atom is -0.303 e. The summed E-state index contributed by atoms with van der Waals surface area (Å²) in [7, 11) is 1.99. The zero-order valence-electron chi connectivity index (χ0n) is 7.52. The van der Waals surface area contributed by atoms with E-state index in [9.17, 15) is 4.39 Å². The average molecular weight is 159 g/mol. The molecule has 1 fully saturated rings. The maximum Gasteiger partial charge on any atom is 0.116 e. The van der Waals surface area contributed by atoms with Crippen molar-refractivity contribution in [3.8, 4) is 0 Å². The Morgan fingerprint density at radius 2 is 2.27 bits per heavy atom. The molecule has 0 aromatic rings. The van der Waals surface area contributed by atoms with E-state index in [1.165, 1.54) is 0 Å². The molecule has 1 unspecified atom stereocenters. The standard InChI is InChI=1S/C9H18FN/c1-3-4-8-5-6-11(2)7-9(8)10/h8-9H,3-7H2,1-2H3/t8?,9-/m1/s1. The molecule has 1 aliphatic heterocycles. The Bertz CT molecular complexity index is 116. The predicted molar refractivity (Wildman–Crippen MR) is 45.4 cm³/mol. The van der Waals surface area contributed by atoms with Gasteiger partial charge in [-0.3, -0.25) is 0 Å². The fraction of sp³-hybridized carbons (Fsp3) is 1.00. The molecule has 0 radical (unpaired) electrons. The van der Waals surface area contributed by atoms with Gasteiger partial charge in [0.2, 0.25) is 0 Å². The van der Waals surface area contributed by atoms with Crippen LogP contribution in [0.5, 0.6) is 0 Å². The van der Waals surface area contributed by atoms with Gasteiger partial charge < -0.3 is 4.90 Å². The van der Waals surface area contributed by atoms with Crippen LogP contribution in [-0.4, -0.2) is 31.2 Å². The van der Waals surface area contributed by atoms with Crippen LogP contribution in [0.2, 0.25) is 0 Å². The molecule has 0 aromatic heterocycles. The third kappa shape index (κ3) is 2.44. The van der Waals surface area contributed by atoms with Crippen molar-refractivity contribution in [2.45, 2.75) is 32.4 Å². The van der Waals surface area contributed by atoms with E-state index in [0.717, 1.165) is 25.8 Å².